The molecular weight excluding hydrogens is 775 g/mol. The van der Waals surface area contributed by atoms with Crippen LogP contribution in [0.5, 0.6) is 11.5 Å². The maximum absolute atomic E-state index is 13.3. The Bertz CT molecular complexity index is 1670. The van der Waals surface area contributed by atoms with Crippen molar-refractivity contribution in [3.63, 3.8) is 0 Å². The number of nitrogen functional groups attached to an aromatic ring is 2. The van der Waals surface area contributed by atoms with Crippen LogP contribution in [0.4, 0.5) is 11.6 Å². The van der Waals surface area contributed by atoms with Crippen molar-refractivity contribution in [2.75, 3.05) is 78.0 Å². The lowest BCUT2D eigenvalue weighted by Crippen LogP contribution is -3.00. The average molecular weight is 834 g/mol. The summed E-state index contributed by atoms with van der Waals surface area (Å²) in [7, 11) is 3.27. The smallest absolute Gasteiger partial charge is 0.274 e. The van der Waals surface area contributed by atoms with E-state index in [0.717, 1.165) is 80.3 Å². The Labute approximate surface area is 346 Å². The van der Waals surface area contributed by atoms with Crippen molar-refractivity contribution in [2.45, 2.75) is 70.6 Å². The summed E-state index contributed by atoms with van der Waals surface area (Å²) in [5, 5.41) is 22.1. The highest BCUT2D eigenvalue weighted by Gasteiger charge is 2.35. The number of nitrogens with one attached hydrogen (secondary N) is 1. The van der Waals surface area contributed by atoms with Gasteiger partial charge in [-0.3, -0.25) is 14.4 Å². The molecule has 2 heterocycles. The Morgan fingerprint density at radius 1 is 0.842 bits per heavy atom. The lowest BCUT2D eigenvalue weighted by Gasteiger charge is -2.45. The first-order chi connectivity index (χ1) is 26.6. The van der Waals surface area contributed by atoms with E-state index in [-0.39, 0.29) is 79.0 Å². The minimum Gasteiger partial charge on any atom is -1.00 e. The molecule has 1 aliphatic rings. The number of benzene rings is 2. The van der Waals surface area contributed by atoms with Gasteiger partial charge < -0.3 is 63.2 Å². The highest BCUT2D eigenvalue weighted by atomic mass is 35.5. The third kappa shape index (κ3) is 15.1. The topological polar surface area (TPSA) is 206 Å². The highest BCUT2D eigenvalue weighted by molar-refractivity contribution is 6.31. The van der Waals surface area contributed by atoms with Crippen LogP contribution >= 0.6 is 11.6 Å². The number of aliphatic hydroxyl groups excluding tert-OH is 2. The minimum absolute atomic E-state index is 0. The van der Waals surface area contributed by atoms with E-state index in [0.29, 0.717) is 11.5 Å². The minimum atomic E-state index is -0.609. The van der Waals surface area contributed by atoms with Crippen molar-refractivity contribution < 1.29 is 51.0 Å². The van der Waals surface area contributed by atoms with E-state index < -0.39 is 18.1 Å². The third-order valence-electron chi connectivity index (χ3n) is 9.94. The molecule has 3 atom stereocenters. The molecule has 0 aliphatic carbocycles. The van der Waals surface area contributed by atoms with Crippen LogP contribution in [0.1, 0.15) is 61.1 Å². The normalized spacial score (nSPS) is 17.4. The number of hydrogen-bond donors (Lipinski definition) is 5. The molecule has 0 radical (unpaired) electrons. The van der Waals surface area contributed by atoms with Crippen LogP contribution in [-0.4, -0.2) is 137 Å². The molecule has 4 rings (SSSR count). The zero-order valence-electron chi connectivity index (χ0n) is 33.3. The van der Waals surface area contributed by atoms with Crippen molar-refractivity contribution in [3.8, 4) is 11.5 Å². The molecule has 2 aromatic carbocycles. The molecule has 15 nitrogen and oxygen atoms in total. The third-order valence-corrected chi connectivity index (χ3v) is 10.2. The fraction of sp³-hybridized carbons (Fsp3) is 0.525. The van der Waals surface area contributed by atoms with E-state index in [1.807, 2.05) is 48.5 Å². The molecule has 0 bridgehead atoms. The number of amides is 3. The van der Waals surface area contributed by atoms with Gasteiger partial charge in [0.15, 0.2) is 35.7 Å². The fourth-order valence-electron chi connectivity index (χ4n) is 7.07. The number of carbonyl (C=O) groups excluding carboxylic acids is 3. The average Bonchev–Trinajstić information content (AvgIpc) is 3.15. The summed E-state index contributed by atoms with van der Waals surface area (Å²) in [6.07, 6.45) is 4.08. The quantitative estimate of drug-likeness (QED) is 0.0936. The Hall–Kier alpha value is -4.41. The van der Waals surface area contributed by atoms with E-state index >= 15 is 0 Å². The first-order valence-corrected chi connectivity index (χ1v) is 19.5. The van der Waals surface area contributed by atoms with Gasteiger partial charge in [0.2, 0.25) is 0 Å². The maximum Gasteiger partial charge on any atom is 0.274 e. The predicted molar refractivity (Wildman–Crippen MR) is 215 cm³/mol. The van der Waals surface area contributed by atoms with Crippen molar-refractivity contribution in [2.24, 2.45) is 0 Å². The predicted octanol–water partition coefficient (Wildman–Crippen LogP) is -0.291. The number of aryl methyl sites for hydroxylation is 2. The van der Waals surface area contributed by atoms with Gasteiger partial charge in [-0.05, 0) is 74.9 Å². The van der Waals surface area contributed by atoms with Crippen LogP contribution in [0.25, 0.3) is 0 Å². The number of piperidine rings is 1. The van der Waals surface area contributed by atoms with E-state index in [9.17, 15) is 24.6 Å². The molecule has 57 heavy (non-hydrogen) atoms. The summed E-state index contributed by atoms with van der Waals surface area (Å²) in [5.74, 6) is 0.261. The van der Waals surface area contributed by atoms with E-state index in [2.05, 4.69) is 15.3 Å². The van der Waals surface area contributed by atoms with Gasteiger partial charge in [0.25, 0.3) is 17.7 Å². The number of halogens is 2. The molecule has 314 valence electrons. The lowest BCUT2D eigenvalue weighted by molar-refractivity contribution is -0.933. The molecule has 7 N–H and O–H groups in total. The molecule has 1 aromatic heterocycles. The molecule has 3 amide bonds. The summed E-state index contributed by atoms with van der Waals surface area (Å²) in [6, 6.07) is 15.4. The number of ether oxygens (including phenoxy) is 2. The van der Waals surface area contributed by atoms with Crippen LogP contribution in [0.3, 0.4) is 0 Å². The second kappa shape index (κ2) is 22.5. The molecule has 0 saturated carbocycles. The second-order valence-electron chi connectivity index (χ2n) is 15.0. The van der Waals surface area contributed by atoms with Crippen LogP contribution in [0, 0.1) is 0 Å². The molecule has 1 fully saturated rings. The molecule has 1 saturated heterocycles. The number of rotatable bonds is 20. The Kier molecular flexibility index (Phi) is 18.5. The van der Waals surface area contributed by atoms with Crippen molar-refractivity contribution in [1.82, 2.24) is 25.1 Å². The lowest BCUT2D eigenvalue weighted by atomic mass is 9.99. The standard InChI is InChI=1S/C40H57ClN8O7.ClH/c1-27(50)22-47(3)34(52)25-55-32-15-11-29(12-16-32)8-5-19-49(21-7-10-31(24-49)44-40(54)36-38(42)46-39(43)37(41)45-36)20-6-9-30-13-17-33(18-14-30)56-26-35(53)48(4)23-28(2)51;/h11-18,27-28,31,50-51H,5-10,19-26H2,1-4H3,(H4-,42,43,44,46,54);1H/t27?,28?,31-,49?;/m0./s1. The van der Waals surface area contributed by atoms with Gasteiger partial charge in [-0.25, -0.2) is 9.97 Å². The van der Waals surface area contributed by atoms with Gasteiger partial charge in [-0.15, -0.1) is 0 Å². The molecule has 2 unspecified atom stereocenters. The summed E-state index contributed by atoms with van der Waals surface area (Å²) >= 11 is 6.06. The Balaban J connectivity index is 0.00000870. The number of anilines is 2. The number of aliphatic hydroxyl groups is 2. The van der Waals surface area contributed by atoms with Gasteiger partial charge >= 0.3 is 0 Å². The summed E-state index contributed by atoms with van der Waals surface area (Å²) < 4.78 is 12.2. The van der Waals surface area contributed by atoms with E-state index in [1.54, 1.807) is 27.9 Å². The number of carbonyl (C=O) groups is 3. The Morgan fingerprint density at radius 3 is 1.77 bits per heavy atom. The number of nitrogens with two attached hydrogens (primary N) is 2. The van der Waals surface area contributed by atoms with Crippen LogP contribution in [0.15, 0.2) is 48.5 Å². The van der Waals surface area contributed by atoms with E-state index in [4.69, 9.17) is 32.5 Å². The van der Waals surface area contributed by atoms with Crippen molar-refractivity contribution in [3.05, 3.63) is 70.5 Å². The van der Waals surface area contributed by atoms with Crippen molar-refractivity contribution in [1.29, 1.82) is 0 Å². The van der Waals surface area contributed by atoms with Gasteiger partial charge in [0.1, 0.15) is 11.5 Å². The van der Waals surface area contributed by atoms with Crippen LogP contribution in [-0.2, 0) is 22.4 Å². The monoisotopic (exact) mass is 832 g/mol. The second-order valence-corrected chi connectivity index (χ2v) is 15.3. The van der Waals surface area contributed by atoms with Crippen LogP contribution in [0.2, 0.25) is 5.15 Å². The largest absolute Gasteiger partial charge is 1.00 e. The number of aromatic nitrogens is 2. The Morgan fingerprint density at radius 2 is 1.32 bits per heavy atom. The van der Waals surface area contributed by atoms with Gasteiger partial charge in [-0.1, -0.05) is 35.9 Å². The molecule has 0 spiro atoms. The van der Waals surface area contributed by atoms with Gasteiger partial charge in [-0.2, -0.15) is 0 Å². The summed E-state index contributed by atoms with van der Waals surface area (Å²) in [4.78, 5) is 48.9. The first kappa shape index (κ1) is 47.0. The molecule has 17 heteroatoms. The zero-order chi connectivity index (χ0) is 40.8. The SMILES string of the molecule is CC(O)CN(C)C(=O)COc1ccc(CCC[N+]2(CCCc3ccc(OCC(=O)N(C)CC(C)O)cc3)CCC[C@H](NC(=O)c3nc(Cl)c(N)nc3N)C2)cc1.[Cl-]. The molecular formula is C40H58Cl2N8O7. The van der Waals surface area contributed by atoms with Gasteiger partial charge in [0, 0.05) is 40.0 Å². The van der Waals surface area contributed by atoms with Crippen molar-refractivity contribution >= 4 is 41.0 Å². The van der Waals surface area contributed by atoms with Gasteiger partial charge in [0.05, 0.1) is 44.4 Å². The maximum atomic E-state index is 13.3. The number of nitrogens with zero attached hydrogens (tertiary/aromatic N) is 5. The summed E-state index contributed by atoms with van der Waals surface area (Å²) in [5.41, 5.74) is 14.0. The number of quaternary nitrogens is 1. The fourth-order valence-corrected chi connectivity index (χ4v) is 7.20. The molecule has 1 aliphatic heterocycles. The first-order valence-electron chi connectivity index (χ1n) is 19.1. The highest BCUT2D eigenvalue weighted by Crippen LogP contribution is 2.25. The van der Waals surface area contributed by atoms with E-state index in [1.165, 1.54) is 9.80 Å². The number of likely N-dealkylation sites (tertiary alicyclic amines) is 1. The molecule has 3 aromatic rings. The summed E-state index contributed by atoms with van der Waals surface area (Å²) in [6.45, 7) is 7.10. The van der Waals surface area contributed by atoms with Crippen LogP contribution < -0.4 is 38.7 Å². The number of hydrogen-bond acceptors (Lipinski definition) is 11. The number of likely N-dealkylation sites (N-methyl/N-ethyl adjacent to an activating group) is 2. The zero-order valence-corrected chi connectivity index (χ0v) is 34.8.